The molecule has 1 aliphatic rings. The summed E-state index contributed by atoms with van der Waals surface area (Å²) in [5.41, 5.74) is -6.12. The molecule has 4 rings (SSSR count). The Balaban J connectivity index is 1.71. The Morgan fingerprint density at radius 2 is 1.50 bits per heavy atom. The number of hydrogen-bond donors (Lipinski definition) is 0. The molecule has 194 valence electrons. The minimum absolute atomic E-state index is 0.000293. The maximum atomic E-state index is 15.0. The van der Waals surface area contributed by atoms with Gasteiger partial charge in [-0.25, -0.2) is 17.6 Å². The average molecular weight is 534 g/mol. The van der Waals surface area contributed by atoms with Crippen LogP contribution in [-0.4, -0.2) is 13.9 Å². The Kier molecular flexibility index (Phi) is 6.98. The van der Waals surface area contributed by atoms with Gasteiger partial charge < -0.3 is 4.18 Å². The predicted octanol–water partition coefficient (Wildman–Crippen LogP) is 7.98. The first-order chi connectivity index (χ1) is 16.8. The Labute approximate surface area is 203 Å². The molecule has 11 heteroatoms. The molecule has 0 bridgehead atoms. The normalized spacial score (nSPS) is 19.0. The van der Waals surface area contributed by atoms with Gasteiger partial charge in [0.2, 0.25) is 0 Å². The van der Waals surface area contributed by atoms with Gasteiger partial charge in [0.25, 0.3) is 0 Å². The van der Waals surface area contributed by atoms with E-state index in [-0.39, 0.29) is 16.9 Å². The molecule has 3 aromatic carbocycles. The van der Waals surface area contributed by atoms with Crippen LogP contribution in [-0.2, 0) is 10.1 Å². The lowest BCUT2D eigenvalue weighted by Gasteiger charge is -2.28. The van der Waals surface area contributed by atoms with Crippen molar-refractivity contribution in [3.05, 3.63) is 65.2 Å². The van der Waals surface area contributed by atoms with Crippen LogP contribution in [0.1, 0.15) is 50.5 Å². The largest absolute Gasteiger partial charge is 0.534 e. The molecule has 1 fully saturated rings. The van der Waals surface area contributed by atoms with Crippen molar-refractivity contribution in [2.24, 2.45) is 5.92 Å². The Hall–Kier alpha value is -2.82. The molecule has 0 atom stereocenters. The van der Waals surface area contributed by atoms with Crippen molar-refractivity contribution in [3.8, 4) is 16.9 Å². The monoisotopic (exact) mass is 534 g/mol. The van der Waals surface area contributed by atoms with Crippen LogP contribution in [0.25, 0.3) is 21.9 Å². The smallest absolute Gasteiger partial charge is 0.373 e. The van der Waals surface area contributed by atoms with Crippen molar-refractivity contribution < 1.29 is 43.3 Å². The minimum Gasteiger partial charge on any atom is -0.373 e. The van der Waals surface area contributed by atoms with Crippen molar-refractivity contribution in [1.29, 1.82) is 0 Å². The average Bonchev–Trinajstić information content (AvgIpc) is 2.79. The predicted molar refractivity (Wildman–Crippen MR) is 120 cm³/mol. The highest BCUT2D eigenvalue weighted by atomic mass is 32.2. The lowest BCUT2D eigenvalue weighted by Crippen LogP contribution is -2.28. The fraction of sp³-hybridized carbons (Fsp3) is 0.360. The molecule has 0 radical (unpaired) electrons. The van der Waals surface area contributed by atoms with E-state index in [1.165, 1.54) is 12.1 Å². The van der Waals surface area contributed by atoms with Crippen molar-refractivity contribution in [2.45, 2.75) is 50.5 Å². The van der Waals surface area contributed by atoms with Crippen LogP contribution in [0.5, 0.6) is 5.75 Å². The van der Waals surface area contributed by atoms with E-state index in [1.54, 1.807) is 0 Å². The zero-order valence-corrected chi connectivity index (χ0v) is 19.7. The first-order valence-electron chi connectivity index (χ1n) is 11.2. The van der Waals surface area contributed by atoms with Crippen LogP contribution in [0.4, 0.5) is 30.7 Å². The molecule has 1 aliphatic carbocycles. The number of benzene rings is 3. The zero-order chi connectivity index (χ0) is 26.4. The van der Waals surface area contributed by atoms with Gasteiger partial charge in [0, 0.05) is 0 Å². The SMILES string of the molecule is CCC1CCC(c2cc(F)c(-c3cc(F)c4c(F)c(OS(=O)(=O)C(F)(F)F)ccc4c3)c(F)c2)CC1. The Morgan fingerprint density at radius 3 is 2.06 bits per heavy atom. The van der Waals surface area contributed by atoms with Gasteiger partial charge in [0.05, 0.1) is 10.9 Å². The summed E-state index contributed by atoms with van der Waals surface area (Å²) in [6, 6.07) is 5.54. The van der Waals surface area contributed by atoms with E-state index in [4.69, 9.17) is 0 Å². The number of fused-ring (bicyclic) bond motifs is 1. The topological polar surface area (TPSA) is 43.4 Å². The molecular weight excluding hydrogens is 513 g/mol. The summed E-state index contributed by atoms with van der Waals surface area (Å²) in [7, 11) is -6.20. The molecule has 0 amide bonds. The third-order valence-corrected chi connectivity index (χ3v) is 7.67. The standard InChI is InChI=1S/C25H21F7O3S/c1-2-13-3-5-14(6-4-13)16-10-18(26)22(19(27)11-16)17-9-15-7-8-21(24(29)23(15)20(28)12-17)35-36(33,34)25(30,31)32/h7-14H,2-6H2,1H3. The molecule has 0 unspecified atom stereocenters. The van der Waals surface area contributed by atoms with E-state index >= 15 is 8.78 Å². The van der Waals surface area contributed by atoms with Crippen molar-refractivity contribution >= 4 is 20.9 Å². The summed E-state index contributed by atoms with van der Waals surface area (Å²) in [5, 5.41) is -1.15. The summed E-state index contributed by atoms with van der Waals surface area (Å²) in [6.07, 6.45) is 4.57. The maximum Gasteiger partial charge on any atom is 0.534 e. The molecule has 0 saturated heterocycles. The van der Waals surface area contributed by atoms with Crippen LogP contribution in [0, 0.1) is 29.2 Å². The maximum absolute atomic E-state index is 15.0. The summed E-state index contributed by atoms with van der Waals surface area (Å²) in [5.74, 6) is -5.71. The lowest BCUT2D eigenvalue weighted by atomic mass is 9.77. The highest BCUT2D eigenvalue weighted by Gasteiger charge is 2.49. The summed E-state index contributed by atoms with van der Waals surface area (Å²) >= 11 is 0. The second-order valence-corrected chi connectivity index (χ2v) is 10.4. The molecule has 0 aromatic heterocycles. The van der Waals surface area contributed by atoms with Gasteiger partial charge in [-0.1, -0.05) is 19.4 Å². The van der Waals surface area contributed by atoms with E-state index in [2.05, 4.69) is 11.1 Å². The van der Waals surface area contributed by atoms with Gasteiger partial charge in [-0.3, -0.25) is 0 Å². The highest BCUT2D eigenvalue weighted by Crippen LogP contribution is 2.40. The number of alkyl halides is 3. The van der Waals surface area contributed by atoms with Gasteiger partial charge in [0.1, 0.15) is 17.5 Å². The van der Waals surface area contributed by atoms with E-state index in [0.717, 1.165) is 44.2 Å². The van der Waals surface area contributed by atoms with Crippen molar-refractivity contribution in [3.63, 3.8) is 0 Å². The van der Waals surface area contributed by atoms with E-state index in [0.29, 0.717) is 23.6 Å². The molecule has 0 heterocycles. The first kappa shape index (κ1) is 26.2. The summed E-state index contributed by atoms with van der Waals surface area (Å²) in [4.78, 5) is 0. The third kappa shape index (κ3) is 4.89. The molecule has 1 saturated carbocycles. The number of rotatable bonds is 5. The summed E-state index contributed by atoms with van der Waals surface area (Å²) in [6.45, 7) is 2.10. The van der Waals surface area contributed by atoms with E-state index < -0.39 is 55.6 Å². The minimum atomic E-state index is -6.20. The van der Waals surface area contributed by atoms with E-state index in [9.17, 15) is 30.4 Å². The van der Waals surface area contributed by atoms with Gasteiger partial charge in [-0.2, -0.15) is 21.6 Å². The number of halogens is 7. The molecule has 0 spiro atoms. The van der Waals surface area contributed by atoms with Crippen LogP contribution < -0.4 is 4.18 Å². The van der Waals surface area contributed by atoms with Gasteiger partial charge in [-0.15, -0.1) is 0 Å². The van der Waals surface area contributed by atoms with Gasteiger partial charge in [0.15, 0.2) is 11.6 Å². The van der Waals surface area contributed by atoms with Crippen LogP contribution in [0.15, 0.2) is 36.4 Å². The Bertz CT molecular complexity index is 1390. The molecule has 3 nitrogen and oxygen atoms in total. The van der Waals surface area contributed by atoms with Gasteiger partial charge >= 0.3 is 15.6 Å². The molecule has 36 heavy (non-hydrogen) atoms. The van der Waals surface area contributed by atoms with E-state index in [1.807, 2.05) is 0 Å². The molecular formula is C25H21F7O3S. The quantitative estimate of drug-likeness (QED) is 0.189. The zero-order valence-electron chi connectivity index (χ0n) is 18.9. The fourth-order valence-electron chi connectivity index (χ4n) is 4.74. The molecule has 0 N–H and O–H groups in total. The van der Waals surface area contributed by atoms with Crippen LogP contribution in [0.3, 0.4) is 0 Å². The highest BCUT2D eigenvalue weighted by molar-refractivity contribution is 7.88. The van der Waals surface area contributed by atoms with Crippen molar-refractivity contribution in [2.75, 3.05) is 0 Å². The van der Waals surface area contributed by atoms with Crippen molar-refractivity contribution in [1.82, 2.24) is 0 Å². The number of hydrogen-bond acceptors (Lipinski definition) is 3. The Morgan fingerprint density at radius 1 is 0.889 bits per heavy atom. The third-order valence-electron chi connectivity index (χ3n) is 6.70. The lowest BCUT2D eigenvalue weighted by molar-refractivity contribution is -0.0500. The second-order valence-electron chi connectivity index (χ2n) is 8.90. The second kappa shape index (κ2) is 9.57. The van der Waals surface area contributed by atoms with Gasteiger partial charge in [-0.05, 0) is 84.4 Å². The molecule has 0 aliphatic heterocycles. The first-order valence-corrected chi connectivity index (χ1v) is 12.6. The van der Waals surface area contributed by atoms with Crippen LogP contribution >= 0.6 is 0 Å². The fourth-order valence-corrected chi connectivity index (χ4v) is 5.19. The van der Waals surface area contributed by atoms with Crippen LogP contribution in [0.2, 0.25) is 0 Å². The summed E-state index contributed by atoms with van der Waals surface area (Å²) < 4.78 is 123. The molecule has 3 aromatic rings.